The van der Waals surface area contributed by atoms with Crippen LogP contribution in [0.25, 0.3) is 0 Å². The summed E-state index contributed by atoms with van der Waals surface area (Å²) in [7, 11) is 2.13. The predicted molar refractivity (Wildman–Crippen MR) is 95.9 cm³/mol. The fourth-order valence-corrected chi connectivity index (χ4v) is 3.29. The fourth-order valence-electron chi connectivity index (χ4n) is 3.29. The molecule has 2 aliphatic heterocycles. The monoisotopic (exact) mass is 341 g/mol. The second kappa shape index (κ2) is 6.81. The third kappa shape index (κ3) is 3.35. The highest BCUT2D eigenvalue weighted by atomic mass is 16.2. The molecule has 4 heterocycles. The van der Waals surface area contributed by atoms with Crippen LogP contribution in [0.5, 0.6) is 0 Å². The number of amides is 1. The maximum atomic E-state index is 12.5. The Balaban J connectivity index is 1.42. The van der Waals surface area contributed by atoms with E-state index in [0.29, 0.717) is 17.9 Å². The quantitative estimate of drug-likeness (QED) is 0.751. The van der Waals surface area contributed by atoms with Crippen LogP contribution in [-0.2, 0) is 13.0 Å². The Kier molecular flexibility index (Phi) is 4.37. The summed E-state index contributed by atoms with van der Waals surface area (Å²) in [6.45, 7) is 5.61. The number of aromatic nitrogens is 3. The van der Waals surface area contributed by atoms with Gasteiger partial charge in [0.05, 0.1) is 11.9 Å². The molecule has 2 aromatic rings. The molecule has 2 aliphatic rings. The summed E-state index contributed by atoms with van der Waals surface area (Å²) in [5.74, 6) is 0.753. The summed E-state index contributed by atoms with van der Waals surface area (Å²) in [4.78, 5) is 21.6. The topological polar surface area (TPSA) is 89.2 Å². The maximum absolute atomic E-state index is 12.5. The molecule has 0 bridgehead atoms. The average Bonchev–Trinajstić information content (AvgIpc) is 3.07. The molecule has 8 nitrogen and oxygen atoms in total. The van der Waals surface area contributed by atoms with Crippen molar-refractivity contribution in [1.29, 1.82) is 0 Å². The largest absolute Gasteiger partial charge is 0.354 e. The van der Waals surface area contributed by atoms with E-state index in [1.165, 1.54) is 0 Å². The smallest absolute Gasteiger partial charge is 0.276 e. The lowest BCUT2D eigenvalue weighted by Crippen LogP contribution is -2.44. The highest BCUT2D eigenvalue weighted by molar-refractivity contribution is 6.04. The van der Waals surface area contributed by atoms with Gasteiger partial charge in [0.25, 0.3) is 5.91 Å². The molecular formula is C17H23N7O. The second-order valence-electron chi connectivity index (χ2n) is 6.61. The van der Waals surface area contributed by atoms with Gasteiger partial charge in [0.2, 0.25) is 0 Å². The minimum atomic E-state index is -0.199. The molecular weight excluding hydrogens is 318 g/mol. The number of carbonyl (C=O) groups is 1. The second-order valence-corrected chi connectivity index (χ2v) is 6.61. The van der Waals surface area contributed by atoms with E-state index in [1.807, 2.05) is 12.1 Å². The van der Waals surface area contributed by atoms with Gasteiger partial charge < -0.3 is 20.4 Å². The Labute approximate surface area is 146 Å². The molecule has 0 aromatic carbocycles. The van der Waals surface area contributed by atoms with E-state index in [1.54, 1.807) is 6.20 Å². The number of aromatic amines is 1. The van der Waals surface area contributed by atoms with Crippen LogP contribution < -0.4 is 15.5 Å². The summed E-state index contributed by atoms with van der Waals surface area (Å²) >= 11 is 0. The number of rotatable bonds is 3. The van der Waals surface area contributed by atoms with Gasteiger partial charge in [-0.15, -0.1) is 0 Å². The number of piperazine rings is 1. The van der Waals surface area contributed by atoms with Gasteiger partial charge in [-0.3, -0.25) is 9.89 Å². The van der Waals surface area contributed by atoms with Crippen LogP contribution in [0, 0.1) is 0 Å². The highest BCUT2D eigenvalue weighted by Crippen LogP contribution is 2.19. The SMILES string of the molecule is CN1CCN(c2ccc(NC(=O)c3n[nH]c4c3CNCC4)cn2)CC1. The molecule has 1 fully saturated rings. The lowest BCUT2D eigenvalue weighted by molar-refractivity contribution is 0.102. The van der Waals surface area contributed by atoms with Crippen molar-refractivity contribution in [2.24, 2.45) is 0 Å². The van der Waals surface area contributed by atoms with Crippen LogP contribution in [0.2, 0.25) is 0 Å². The van der Waals surface area contributed by atoms with Gasteiger partial charge in [-0.05, 0) is 19.2 Å². The Morgan fingerprint density at radius 2 is 2.08 bits per heavy atom. The first-order valence-electron chi connectivity index (χ1n) is 8.68. The third-order valence-corrected chi connectivity index (χ3v) is 4.85. The average molecular weight is 341 g/mol. The molecule has 1 amide bonds. The number of H-pyrrole nitrogens is 1. The zero-order valence-corrected chi connectivity index (χ0v) is 14.4. The lowest BCUT2D eigenvalue weighted by atomic mass is 10.1. The van der Waals surface area contributed by atoms with Crippen LogP contribution >= 0.6 is 0 Å². The van der Waals surface area contributed by atoms with Crippen molar-refractivity contribution in [3.05, 3.63) is 35.3 Å². The first-order valence-corrected chi connectivity index (χ1v) is 8.68. The summed E-state index contributed by atoms with van der Waals surface area (Å²) < 4.78 is 0. The molecule has 0 atom stereocenters. The Hall–Kier alpha value is -2.45. The summed E-state index contributed by atoms with van der Waals surface area (Å²) in [6.07, 6.45) is 2.58. The van der Waals surface area contributed by atoms with E-state index < -0.39 is 0 Å². The van der Waals surface area contributed by atoms with E-state index in [9.17, 15) is 4.79 Å². The van der Waals surface area contributed by atoms with E-state index in [0.717, 1.165) is 56.2 Å². The molecule has 0 aliphatic carbocycles. The van der Waals surface area contributed by atoms with E-state index in [2.05, 4.69) is 42.7 Å². The van der Waals surface area contributed by atoms with Gasteiger partial charge in [-0.2, -0.15) is 5.10 Å². The number of hydrogen-bond donors (Lipinski definition) is 3. The molecule has 8 heteroatoms. The van der Waals surface area contributed by atoms with Gasteiger partial charge in [0, 0.05) is 56.9 Å². The maximum Gasteiger partial charge on any atom is 0.276 e. The van der Waals surface area contributed by atoms with Crippen LogP contribution in [-0.4, -0.2) is 65.8 Å². The number of pyridine rings is 1. The molecule has 0 radical (unpaired) electrons. The minimum absolute atomic E-state index is 0.199. The molecule has 0 unspecified atom stereocenters. The molecule has 4 rings (SSSR count). The van der Waals surface area contributed by atoms with E-state index in [-0.39, 0.29) is 5.91 Å². The summed E-state index contributed by atoms with van der Waals surface area (Å²) in [5, 5.41) is 13.3. The first kappa shape index (κ1) is 16.0. The number of fused-ring (bicyclic) bond motifs is 1. The van der Waals surface area contributed by atoms with Crippen molar-refractivity contribution in [2.75, 3.05) is 50.0 Å². The van der Waals surface area contributed by atoms with Gasteiger partial charge in [0.1, 0.15) is 5.82 Å². The number of nitrogens with one attached hydrogen (secondary N) is 3. The van der Waals surface area contributed by atoms with Gasteiger partial charge >= 0.3 is 0 Å². The number of nitrogens with zero attached hydrogens (tertiary/aromatic N) is 4. The zero-order valence-electron chi connectivity index (χ0n) is 14.4. The molecule has 0 spiro atoms. The number of anilines is 2. The molecule has 25 heavy (non-hydrogen) atoms. The normalized spacial score (nSPS) is 18.0. The molecule has 2 aromatic heterocycles. The number of likely N-dealkylation sites (N-methyl/N-ethyl adjacent to an activating group) is 1. The van der Waals surface area contributed by atoms with Crippen LogP contribution in [0.15, 0.2) is 18.3 Å². The van der Waals surface area contributed by atoms with Crippen LogP contribution in [0.4, 0.5) is 11.5 Å². The Bertz CT molecular complexity index is 747. The van der Waals surface area contributed by atoms with E-state index in [4.69, 9.17) is 0 Å². The van der Waals surface area contributed by atoms with Crippen LogP contribution in [0.1, 0.15) is 21.7 Å². The van der Waals surface area contributed by atoms with Crippen molar-refractivity contribution in [3.8, 4) is 0 Å². The highest BCUT2D eigenvalue weighted by Gasteiger charge is 2.22. The Morgan fingerprint density at radius 3 is 2.84 bits per heavy atom. The molecule has 132 valence electrons. The third-order valence-electron chi connectivity index (χ3n) is 4.85. The zero-order chi connectivity index (χ0) is 17.2. The molecule has 0 saturated carbocycles. The van der Waals surface area contributed by atoms with Crippen molar-refractivity contribution >= 4 is 17.4 Å². The lowest BCUT2D eigenvalue weighted by Gasteiger charge is -2.33. The predicted octanol–water partition coefficient (Wildman–Crippen LogP) is 0.455. The van der Waals surface area contributed by atoms with Crippen molar-refractivity contribution < 1.29 is 4.79 Å². The summed E-state index contributed by atoms with van der Waals surface area (Å²) in [6, 6.07) is 3.86. The standard InChI is InChI=1S/C17H23N7O/c1-23-6-8-24(9-7-23)15-3-2-12(10-19-15)20-17(25)16-13-11-18-5-4-14(13)21-22-16/h2-3,10,18H,4-9,11H2,1H3,(H,20,25)(H,21,22). The fraction of sp³-hybridized carbons (Fsp3) is 0.471. The summed E-state index contributed by atoms with van der Waals surface area (Å²) in [5.41, 5.74) is 3.16. The Morgan fingerprint density at radius 1 is 1.24 bits per heavy atom. The van der Waals surface area contributed by atoms with Gasteiger partial charge in [0.15, 0.2) is 5.69 Å². The minimum Gasteiger partial charge on any atom is -0.354 e. The number of carbonyl (C=O) groups excluding carboxylic acids is 1. The van der Waals surface area contributed by atoms with Crippen molar-refractivity contribution in [3.63, 3.8) is 0 Å². The van der Waals surface area contributed by atoms with Gasteiger partial charge in [-0.25, -0.2) is 4.98 Å². The number of hydrogen-bond acceptors (Lipinski definition) is 6. The van der Waals surface area contributed by atoms with E-state index >= 15 is 0 Å². The molecule has 3 N–H and O–H groups in total. The van der Waals surface area contributed by atoms with Gasteiger partial charge in [-0.1, -0.05) is 0 Å². The molecule has 1 saturated heterocycles. The van der Waals surface area contributed by atoms with Crippen molar-refractivity contribution in [1.82, 2.24) is 25.4 Å². The first-order chi connectivity index (χ1) is 12.2. The van der Waals surface area contributed by atoms with Crippen LogP contribution in [0.3, 0.4) is 0 Å². The van der Waals surface area contributed by atoms with Crippen molar-refractivity contribution in [2.45, 2.75) is 13.0 Å².